The van der Waals surface area contributed by atoms with E-state index in [0.717, 1.165) is 10.0 Å². The number of halogens is 1. The van der Waals surface area contributed by atoms with Crippen molar-refractivity contribution >= 4 is 34.1 Å². The SMILES string of the molecule is CCOc1cc([C@@H]2NC(=O)NC(C)=C2C(=O)OC)ccc1OC[C@H](O)N/N=C\c1ccc(Br)cc1. The lowest BCUT2D eigenvalue weighted by Gasteiger charge is -2.28. The number of benzene rings is 2. The predicted molar refractivity (Wildman–Crippen MR) is 133 cm³/mol. The second-order valence-corrected chi connectivity index (χ2v) is 8.38. The summed E-state index contributed by atoms with van der Waals surface area (Å²) in [6.45, 7) is 3.70. The highest BCUT2D eigenvalue weighted by atomic mass is 79.9. The van der Waals surface area contributed by atoms with E-state index in [2.05, 4.69) is 37.1 Å². The summed E-state index contributed by atoms with van der Waals surface area (Å²) in [5.41, 5.74) is 4.76. The van der Waals surface area contributed by atoms with E-state index in [1.807, 2.05) is 31.2 Å². The van der Waals surface area contributed by atoms with E-state index >= 15 is 0 Å². The fourth-order valence-corrected chi connectivity index (χ4v) is 3.63. The zero-order chi connectivity index (χ0) is 25.4. The van der Waals surface area contributed by atoms with Gasteiger partial charge in [-0.15, -0.1) is 0 Å². The number of hydrogen-bond acceptors (Lipinski definition) is 8. The Morgan fingerprint density at radius 1 is 1.23 bits per heavy atom. The molecular formula is C24H27BrN4O6. The van der Waals surface area contributed by atoms with Crippen molar-refractivity contribution in [1.29, 1.82) is 0 Å². The van der Waals surface area contributed by atoms with Gasteiger partial charge in [0.2, 0.25) is 0 Å². The second-order valence-electron chi connectivity index (χ2n) is 7.47. The van der Waals surface area contributed by atoms with Gasteiger partial charge in [0, 0.05) is 10.2 Å². The number of aliphatic hydroxyl groups is 1. The maximum absolute atomic E-state index is 12.3. The van der Waals surface area contributed by atoms with E-state index in [0.29, 0.717) is 29.4 Å². The molecule has 1 heterocycles. The Balaban J connectivity index is 1.71. The van der Waals surface area contributed by atoms with Gasteiger partial charge < -0.3 is 30.0 Å². The van der Waals surface area contributed by atoms with Gasteiger partial charge in [0.1, 0.15) is 6.61 Å². The standard InChI is InChI=1S/C24H27BrN4O6/c1-4-34-19-11-16(22-21(23(31)33-3)14(2)27-24(32)28-22)7-10-18(19)35-13-20(30)29-26-12-15-5-8-17(25)9-6-15/h5-12,20,22,29-30H,4,13H2,1-3H3,(H2,27,28,32)/b26-12-/t20-,22-/m0/s1. The van der Waals surface area contributed by atoms with Gasteiger partial charge in [-0.1, -0.05) is 34.1 Å². The van der Waals surface area contributed by atoms with Crippen molar-refractivity contribution in [3.63, 3.8) is 0 Å². The minimum atomic E-state index is -1.07. The van der Waals surface area contributed by atoms with Crippen molar-refractivity contribution in [2.45, 2.75) is 26.1 Å². The molecule has 4 N–H and O–H groups in total. The zero-order valence-electron chi connectivity index (χ0n) is 19.5. The molecule has 11 heteroatoms. The van der Waals surface area contributed by atoms with Gasteiger partial charge >= 0.3 is 12.0 Å². The molecule has 10 nitrogen and oxygen atoms in total. The molecule has 35 heavy (non-hydrogen) atoms. The Bertz CT molecular complexity index is 1120. The average Bonchev–Trinajstić information content (AvgIpc) is 2.83. The molecule has 3 rings (SSSR count). The van der Waals surface area contributed by atoms with Crippen LogP contribution in [-0.2, 0) is 9.53 Å². The first kappa shape index (κ1) is 26.0. The van der Waals surface area contributed by atoms with Crippen molar-refractivity contribution in [2.75, 3.05) is 20.3 Å². The van der Waals surface area contributed by atoms with Crippen molar-refractivity contribution in [1.82, 2.24) is 16.1 Å². The lowest BCUT2D eigenvalue weighted by atomic mass is 9.95. The van der Waals surface area contributed by atoms with Crippen LogP contribution in [0, 0.1) is 0 Å². The summed E-state index contributed by atoms with van der Waals surface area (Å²) in [4.78, 5) is 24.4. The third-order valence-electron chi connectivity index (χ3n) is 4.98. The molecule has 1 aliphatic rings. The molecule has 0 aromatic heterocycles. The molecule has 2 amide bonds. The van der Waals surface area contributed by atoms with E-state index in [1.165, 1.54) is 7.11 Å². The lowest BCUT2D eigenvalue weighted by molar-refractivity contribution is -0.136. The van der Waals surface area contributed by atoms with Crippen LogP contribution >= 0.6 is 15.9 Å². The quantitative estimate of drug-likeness (QED) is 0.156. The van der Waals surface area contributed by atoms with Gasteiger partial charge in [-0.2, -0.15) is 5.10 Å². The number of ether oxygens (including phenoxy) is 3. The van der Waals surface area contributed by atoms with Crippen LogP contribution in [0.4, 0.5) is 4.79 Å². The van der Waals surface area contributed by atoms with Crippen molar-refractivity contribution < 1.29 is 28.9 Å². The highest BCUT2D eigenvalue weighted by molar-refractivity contribution is 9.10. The maximum Gasteiger partial charge on any atom is 0.337 e. The largest absolute Gasteiger partial charge is 0.490 e. The van der Waals surface area contributed by atoms with Crippen LogP contribution in [0.15, 0.2) is 63.3 Å². The van der Waals surface area contributed by atoms with E-state index < -0.39 is 24.3 Å². The molecule has 0 radical (unpaired) electrons. The number of rotatable bonds is 10. The number of nitrogens with one attached hydrogen (secondary N) is 3. The van der Waals surface area contributed by atoms with Crippen LogP contribution in [0.2, 0.25) is 0 Å². The van der Waals surface area contributed by atoms with Crippen molar-refractivity contribution in [3.05, 3.63) is 69.3 Å². The zero-order valence-corrected chi connectivity index (χ0v) is 21.1. The number of nitrogens with zero attached hydrogens (tertiary/aromatic N) is 1. The third-order valence-corrected chi connectivity index (χ3v) is 5.51. The average molecular weight is 547 g/mol. The number of allylic oxidation sites excluding steroid dienone is 1. The first-order chi connectivity index (χ1) is 16.8. The Kier molecular flexibility index (Phi) is 9.10. The second kappa shape index (κ2) is 12.2. The lowest BCUT2D eigenvalue weighted by Crippen LogP contribution is -2.45. The van der Waals surface area contributed by atoms with Crippen molar-refractivity contribution in [2.24, 2.45) is 5.10 Å². The molecule has 2 aromatic carbocycles. The molecule has 0 aliphatic carbocycles. The number of hydrazone groups is 1. The topological polar surface area (TPSA) is 131 Å². The summed E-state index contributed by atoms with van der Waals surface area (Å²) in [5.74, 6) is 0.218. The minimum Gasteiger partial charge on any atom is -0.490 e. The third kappa shape index (κ3) is 6.96. The van der Waals surface area contributed by atoms with Gasteiger partial charge in [0.05, 0.1) is 31.5 Å². The Hall–Kier alpha value is -3.57. The Morgan fingerprint density at radius 2 is 1.97 bits per heavy atom. The van der Waals surface area contributed by atoms with Crippen molar-refractivity contribution in [3.8, 4) is 11.5 Å². The van der Waals surface area contributed by atoms with Crippen LogP contribution in [-0.4, -0.2) is 49.9 Å². The first-order valence-corrected chi connectivity index (χ1v) is 11.6. The molecule has 186 valence electrons. The minimum absolute atomic E-state index is 0.104. The number of esters is 1. The van der Waals surface area contributed by atoms with E-state index in [9.17, 15) is 14.7 Å². The smallest absolute Gasteiger partial charge is 0.337 e. The number of methoxy groups -OCH3 is 1. The molecule has 2 atom stereocenters. The van der Waals surface area contributed by atoms with Gasteiger partial charge in [0.25, 0.3) is 0 Å². The normalized spacial score (nSPS) is 16.4. The predicted octanol–water partition coefficient (Wildman–Crippen LogP) is 2.97. The first-order valence-electron chi connectivity index (χ1n) is 10.8. The maximum atomic E-state index is 12.3. The molecule has 0 bridgehead atoms. The summed E-state index contributed by atoms with van der Waals surface area (Å²) in [6.07, 6.45) is 0.508. The molecule has 0 saturated carbocycles. The van der Waals surface area contributed by atoms with Gasteiger partial charge in [0.15, 0.2) is 17.7 Å². The summed E-state index contributed by atoms with van der Waals surface area (Å²) < 4.78 is 17.3. The van der Waals surface area contributed by atoms with Crippen LogP contribution in [0.25, 0.3) is 0 Å². The summed E-state index contributed by atoms with van der Waals surface area (Å²) in [6, 6.07) is 11.4. The monoisotopic (exact) mass is 546 g/mol. The summed E-state index contributed by atoms with van der Waals surface area (Å²) >= 11 is 3.37. The molecule has 0 fully saturated rings. The van der Waals surface area contributed by atoms with Gasteiger partial charge in [-0.3, -0.25) is 5.43 Å². The van der Waals surface area contributed by atoms with E-state index in [4.69, 9.17) is 14.2 Å². The van der Waals surface area contributed by atoms with Crippen LogP contribution < -0.4 is 25.5 Å². The fraction of sp³-hybridized carbons (Fsp3) is 0.292. The molecule has 0 spiro atoms. The molecule has 0 unspecified atom stereocenters. The van der Waals surface area contributed by atoms with E-state index in [1.54, 1.807) is 31.3 Å². The number of amides is 2. The fourth-order valence-electron chi connectivity index (χ4n) is 3.37. The molecule has 2 aromatic rings. The molecule has 0 saturated heterocycles. The van der Waals surface area contributed by atoms with Crippen LogP contribution in [0.3, 0.4) is 0 Å². The highest BCUT2D eigenvalue weighted by Gasteiger charge is 2.32. The number of aliphatic hydroxyl groups excluding tert-OH is 1. The Labute approximate surface area is 211 Å². The van der Waals surface area contributed by atoms with Crippen LogP contribution in [0.1, 0.15) is 31.0 Å². The Morgan fingerprint density at radius 3 is 2.66 bits per heavy atom. The molecular weight excluding hydrogens is 520 g/mol. The highest BCUT2D eigenvalue weighted by Crippen LogP contribution is 2.34. The van der Waals surface area contributed by atoms with Gasteiger partial charge in [-0.25, -0.2) is 9.59 Å². The summed E-state index contributed by atoms with van der Waals surface area (Å²) in [5, 5.41) is 19.5. The van der Waals surface area contributed by atoms with E-state index in [-0.39, 0.29) is 12.2 Å². The number of urea groups is 1. The van der Waals surface area contributed by atoms with Gasteiger partial charge in [-0.05, 0) is 49.2 Å². The van der Waals surface area contributed by atoms with Crippen LogP contribution in [0.5, 0.6) is 11.5 Å². The molecule has 1 aliphatic heterocycles. The number of carbonyl (C=O) groups is 2. The number of carbonyl (C=O) groups excluding carboxylic acids is 2. The summed E-state index contributed by atoms with van der Waals surface area (Å²) in [7, 11) is 1.28. The number of hydrogen-bond donors (Lipinski definition) is 4.